The maximum absolute atomic E-state index is 12.5. The molecule has 0 radical (unpaired) electrons. The van der Waals surface area contributed by atoms with Crippen LogP contribution >= 0.6 is 11.6 Å². The third kappa shape index (κ3) is 5.34. The monoisotopic (exact) mass is 429 g/mol. The second-order valence-corrected chi connectivity index (χ2v) is 8.32. The predicted octanol–water partition coefficient (Wildman–Crippen LogP) is 2.77. The van der Waals surface area contributed by atoms with Crippen LogP contribution in [0.3, 0.4) is 0 Å². The van der Waals surface area contributed by atoms with Crippen LogP contribution in [0.2, 0.25) is 5.02 Å². The van der Waals surface area contributed by atoms with E-state index in [1.54, 1.807) is 13.8 Å². The van der Waals surface area contributed by atoms with E-state index in [1.807, 2.05) is 0 Å². The molecule has 0 spiro atoms. The summed E-state index contributed by atoms with van der Waals surface area (Å²) in [5, 5.41) is 0.389. The highest BCUT2D eigenvalue weighted by Gasteiger charge is 2.30. The van der Waals surface area contributed by atoms with Gasteiger partial charge in [0.05, 0.1) is 18.3 Å². The molecule has 0 fully saturated rings. The molecule has 0 aliphatic heterocycles. The van der Waals surface area contributed by atoms with Gasteiger partial charge >= 0.3 is 11.9 Å². The van der Waals surface area contributed by atoms with Crippen LogP contribution < -0.4 is 4.72 Å². The fraction of sp³-hybridized carbons (Fsp3) is 0.333. The lowest BCUT2D eigenvalue weighted by molar-refractivity contribution is -0.148. The van der Waals surface area contributed by atoms with Crippen molar-refractivity contribution in [2.75, 3.05) is 7.11 Å². The molecule has 2 rings (SSSR count). The Kier molecular flexibility index (Phi) is 7.22. The third-order valence-electron chi connectivity index (χ3n) is 3.81. The molecule has 0 aliphatic rings. The Balaban J connectivity index is 2.11. The number of esters is 2. The quantitative estimate of drug-likeness (QED) is 0.642. The first kappa shape index (κ1) is 21.9. The number of nitrogens with one attached hydrogen (secondary N) is 1. The second-order valence-electron chi connectivity index (χ2n) is 6.17. The number of methoxy groups -OCH3 is 1. The number of benzene rings is 1. The van der Waals surface area contributed by atoms with E-state index in [-0.39, 0.29) is 23.2 Å². The van der Waals surface area contributed by atoms with Crippen LogP contribution in [0.1, 0.15) is 30.0 Å². The van der Waals surface area contributed by atoms with Crippen molar-refractivity contribution in [2.24, 2.45) is 5.92 Å². The van der Waals surface area contributed by atoms with Gasteiger partial charge in [-0.2, -0.15) is 4.72 Å². The molecule has 8 nitrogen and oxygen atoms in total. The van der Waals surface area contributed by atoms with Gasteiger partial charge < -0.3 is 13.9 Å². The Morgan fingerprint density at radius 1 is 1.18 bits per heavy atom. The molecule has 1 aromatic carbocycles. The molecule has 0 aliphatic carbocycles. The van der Waals surface area contributed by atoms with Crippen LogP contribution in [0.25, 0.3) is 0 Å². The Morgan fingerprint density at radius 2 is 1.82 bits per heavy atom. The summed E-state index contributed by atoms with van der Waals surface area (Å²) in [6, 6.07) is 5.87. The summed E-state index contributed by atoms with van der Waals surface area (Å²) in [4.78, 5) is 24.0. The van der Waals surface area contributed by atoms with Gasteiger partial charge in [0.1, 0.15) is 12.6 Å². The van der Waals surface area contributed by atoms with Gasteiger partial charge in [0.25, 0.3) is 0 Å². The average Bonchev–Trinajstić information content (AvgIpc) is 3.12. The predicted molar refractivity (Wildman–Crippen MR) is 100 cm³/mol. The van der Waals surface area contributed by atoms with E-state index < -0.39 is 28.0 Å². The van der Waals surface area contributed by atoms with Crippen LogP contribution in [0.15, 0.2) is 45.9 Å². The first-order valence-electron chi connectivity index (χ1n) is 8.25. The summed E-state index contributed by atoms with van der Waals surface area (Å²) in [6.45, 7) is 3.08. The summed E-state index contributed by atoms with van der Waals surface area (Å²) in [5.41, 5.74) is 0.309. The number of hydrogen-bond acceptors (Lipinski definition) is 7. The Labute approximate surface area is 167 Å². The molecule has 1 atom stereocenters. The molecule has 1 N–H and O–H groups in total. The van der Waals surface area contributed by atoms with Crippen LogP contribution in [-0.2, 0) is 30.9 Å². The number of carbonyl (C=O) groups excluding carboxylic acids is 2. The second kappa shape index (κ2) is 9.22. The molecule has 0 amide bonds. The Morgan fingerprint density at radius 3 is 2.39 bits per heavy atom. The topological polar surface area (TPSA) is 112 Å². The number of rotatable bonds is 8. The van der Waals surface area contributed by atoms with Gasteiger partial charge in [-0.25, -0.2) is 13.2 Å². The van der Waals surface area contributed by atoms with E-state index in [0.29, 0.717) is 10.6 Å². The lowest BCUT2D eigenvalue weighted by Crippen LogP contribution is -2.45. The minimum Gasteiger partial charge on any atom is -0.463 e. The lowest BCUT2D eigenvalue weighted by Gasteiger charge is -2.20. The molecule has 28 heavy (non-hydrogen) atoms. The SMILES string of the molecule is COC(=O)c1occc1COC(=O)[C@@H](NS(=O)(=O)c1ccc(Cl)cc1)C(C)C. The number of furan rings is 1. The van der Waals surface area contributed by atoms with Crippen molar-refractivity contribution in [1.82, 2.24) is 4.72 Å². The minimum atomic E-state index is -3.97. The standard InChI is InChI=1S/C18H20ClNO7S/c1-11(2)15(20-28(23,24)14-6-4-13(19)5-7-14)17(21)27-10-12-8-9-26-16(12)18(22)25-3/h4-9,11,15,20H,10H2,1-3H3/t15-/m0/s1. The number of hydrogen-bond donors (Lipinski definition) is 1. The van der Waals surface area contributed by atoms with Crippen molar-refractivity contribution in [2.45, 2.75) is 31.4 Å². The van der Waals surface area contributed by atoms with Crippen molar-refractivity contribution >= 4 is 33.6 Å². The summed E-state index contributed by atoms with van der Waals surface area (Å²) >= 11 is 5.77. The number of ether oxygens (including phenoxy) is 2. The first-order chi connectivity index (χ1) is 13.2. The van der Waals surface area contributed by atoms with E-state index in [0.717, 1.165) is 0 Å². The average molecular weight is 430 g/mol. The molecule has 0 saturated heterocycles. The zero-order valence-corrected chi connectivity index (χ0v) is 17.0. The van der Waals surface area contributed by atoms with Crippen LogP contribution in [0, 0.1) is 5.92 Å². The van der Waals surface area contributed by atoms with Crippen LogP contribution in [0.4, 0.5) is 0 Å². The van der Waals surface area contributed by atoms with Gasteiger partial charge in [-0.15, -0.1) is 0 Å². The van der Waals surface area contributed by atoms with Gasteiger partial charge in [-0.1, -0.05) is 25.4 Å². The maximum atomic E-state index is 12.5. The zero-order chi connectivity index (χ0) is 20.9. The molecule has 0 bridgehead atoms. The van der Waals surface area contributed by atoms with E-state index >= 15 is 0 Å². The van der Waals surface area contributed by atoms with Crippen molar-refractivity contribution in [3.05, 3.63) is 52.9 Å². The highest BCUT2D eigenvalue weighted by molar-refractivity contribution is 7.89. The molecular formula is C18H20ClNO7S. The van der Waals surface area contributed by atoms with Gasteiger partial charge in [-0.3, -0.25) is 4.79 Å². The number of carbonyl (C=O) groups is 2. The molecule has 0 unspecified atom stereocenters. The van der Waals surface area contributed by atoms with Gasteiger partial charge in [0, 0.05) is 10.6 Å². The van der Waals surface area contributed by atoms with Crippen LogP contribution in [0.5, 0.6) is 0 Å². The fourth-order valence-electron chi connectivity index (χ4n) is 2.27. The van der Waals surface area contributed by atoms with Crippen LogP contribution in [-0.4, -0.2) is 33.5 Å². The largest absolute Gasteiger partial charge is 0.463 e. The van der Waals surface area contributed by atoms with E-state index in [4.69, 9.17) is 20.8 Å². The first-order valence-corrected chi connectivity index (χ1v) is 10.1. The molecule has 1 aromatic heterocycles. The lowest BCUT2D eigenvalue weighted by atomic mass is 10.1. The minimum absolute atomic E-state index is 0.0295. The van der Waals surface area contributed by atoms with Crippen molar-refractivity contribution in [3.8, 4) is 0 Å². The summed E-state index contributed by atoms with van der Waals surface area (Å²) in [5.74, 6) is -1.97. The molecular weight excluding hydrogens is 410 g/mol. The number of sulfonamides is 1. The molecule has 152 valence electrons. The van der Waals surface area contributed by atoms with E-state index in [9.17, 15) is 18.0 Å². The third-order valence-corrected chi connectivity index (χ3v) is 5.52. The van der Waals surface area contributed by atoms with Gasteiger partial charge in [0.15, 0.2) is 0 Å². The van der Waals surface area contributed by atoms with Crippen molar-refractivity contribution < 1.29 is 31.9 Å². The summed E-state index contributed by atoms with van der Waals surface area (Å²) < 4.78 is 42.2. The highest BCUT2D eigenvalue weighted by Crippen LogP contribution is 2.17. The highest BCUT2D eigenvalue weighted by atomic mass is 35.5. The number of halogens is 1. The van der Waals surface area contributed by atoms with Gasteiger partial charge in [-0.05, 0) is 36.2 Å². The maximum Gasteiger partial charge on any atom is 0.374 e. The Hall–Kier alpha value is -2.36. The van der Waals surface area contributed by atoms with Crippen molar-refractivity contribution in [1.29, 1.82) is 0 Å². The zero-order valence-electron chi connectivity index (χ0n) is 15.5. The fourth-order valence-corrected chi connectivity index (χ4v) is 3.72. The van der Waals surface area contributed by atoms with E-state index in [1.165, 1.54) is 43.7 Å². The van der Waals surface area contributed by atoms with Crippen molar-refractivity contribution in [3.63, 3.8) is 0 Å². The molecule has 1 heterocycles. The normalized spacial score (nSPS) is 12.6. The van der Waals surface area contributed by atoms with E-state index in [2.05, 4.69) is 9.46 Å². The van der Waals surface area contributed by atoms with Gasteiger partial charge in [0.2, 0.25) is 15.8 Å². The molecule has 2 aromatic rings. The summed E-state index contributed by atoms with van der Waals surface area (Å²) in [7, 11) is -2.77. The Bertz CT molecular complexity index is 935. The smallest absolute Gasteiger partial charge is 0.374 e. The molecule has 0 saturated carbocycles. The molecule has 10 heteroatoms. The summed E-state index contributed by atoms with van der Waals surface area (Å²) in [6.07, 6.45) is 1.26.